The van der Waals surface area contributed by atoms with E-state index in [-0.39, 0.29) is 57.0 Å². The molecule has 2 aliphatic heterocycles. The Labute approximate surface area is 173 Å². The predicted octanol–water partition coefficient (Wildman–Crippen LogP) is -3.98. The number of amides is 1. The van der Waals surface area contributed by atoms with Crippen LogP contribution in [-0.4, -0.2) is 46.3 Å². The van der Waals surface area contributed by atoms with Gasteiger partial charge in [-0.1, -0.05) is 0 Å². The van der Waals surface area contributed by atoms with E-state index in [2.05, 4.69) is 4.98 Å². The molecule has 0 radical (unpaired) electrons. The van der Waals surface area contributed by atoms with E-state index >= 15 is 0 Å². The number of carboxylic acids is 1. The third kappa shape index (κ3) is 2.27. The predicted molar refractivity (Wildman–Crippen MR) is 72.5 cm³/mol. The molecule has 0 unspecified atom stereocenters. The molecule has 22 heavy (non-hydrogen) atoms. The third-order valence-corrected chi connectivity index (χ3v) is 7.40. The van der Waals surface area contributed by atoms with Gasteiger partial charge in [0.2, 0.25) is 0 Å². The Morgan fingerprint density at radius 1 is 1.50 bits per heavy atom. The van der Waals surface area contributed by atoms with Crippen LogP contribution in [0.1, 0.15) is 18.9 Å². The number of sulfone groups is 1. The van der Waals surface area contributed by atoms with Gasteiger partial charge in [-0.15, -0.1) is 11.3 Å². The van der Waals surface area contributed by atoms with Crippen LogP contribution in [0.25, 0.3) is 6.08 Å². The van der Waals surface area contributed by atoms with Gasteiger partial charge in [0.1, 0.15) is 5.01 Å². The summed E-state index contributed by atoms with van der Waals surface area (Å²) in [6, 6.07) is -1.48. The van der Waals surface area contributed by atoms with Crippen molar-refractivity contribution < 1.29 is 74.5 Å². The Balaban J connectivity index is 0.00000176. The molecule has 0 aliphatic carbocycles. The van der Waals surface area contributed by atoms with E-state index in [1.807, 2.05) is 0 Å². The molecule has 112 valence electrons. The molecule has 0 saturated carbocycles. The molecule has 2 atom stereocenters. The minimum absolute atomic E-state index is 0. The smallest absolute Gasteiger partial charge is 0.548 e. The van der Waals surface area contributed by atoms with Gasteiger partial charge in [-0.2, -0.15) is 0 Å². The van der Waals surface area contributed by atoms with Gasteiger partial charge in [-0.3, -0.25) is 4.79 Å². The molecule has 2 aliphatic rings. The molecule has 1 amide bonds. The Morgan fingerprint density at radius 2 is 2.14 bits per heavy atom. The van der Waals surface area contributed by atoms with Crippen LogP contribution in [0.4, 0.5) is 0 Å². The monoisotopic (exact) mass is 366 g/mol. The molecule has 0 aromatic carbocycles. The molecule has 0 bridgehead atoms. The van der Waals surface area contributed by atoms with Crippen molar-refractivity contribution in [2.45, 2.75) is 30.0 Å². The average molecular weight is 366 g/mol. The van der Waals surface area contributed by atoms with Crippen molar-refractivity contribution in [1.29, 1.82) is 0 Å². The number of nitrogens with zero attached hydrogens (tertiary/aromatic N) is 2. The minimum atomic E-state index is -3.85. The fourth-order valence-corrected chi connectivity index (χ4v) is 5.46. The number of carbonyl (C=O) groups excluding carboxylic acids is 2. The maximum atomic E-state index is 12.5. The molecule has 1 aromatic rings. The number of rotatable bonds is 2. The van der Waals surface area contributed by atoms with Crippen LogP contribution in [0.2, 0.25) is 0 Å². The normalized spacial score (nSPS) is 29.6. The van der Waals surface area contributed by atoms with Crippen LogP contribution < -0.4 is 56.5 Å². The standard InChI is InChI=1S/C12H12N2O5S2.K/c1-12(2)8(11(16)17)14-9(15)6(10(14)21(12,18)19)5-7-13-3-4-20-7;/h3-5,8,10H,1-2H3,(H,16,17);/q;+1/p-1/t8-,10+;/m0./s1. The van der Waals surface area contributed by atoms with Crippen molar-refractivity contribution in [3.05, 3.63) is 22.2 Å². The SMILES string of the molecule is CC1(C)[C@H](C(=O)[O-])N2C(=O)C(=Cc3nccs3)[C@H]2S1(=O)=O.[K+]. The van der Waals surface area contributed by atoms with E-state index < -0.39 is 37.9 Å². The summed E-state index contributed by atoms with van der Waals surface area (Å²) in [7, 11) is -3.85. The Kier molecular flexibility index (Phi) is 4.78. The fraction of sp³-hybridized carbons (Fsp3) is 0.417. The van der Waals surface area contributed by atoms with E-state index in [1.165, 1.54) is 37.5 Å². The molecule has 3 heterocycles. The molecular formula is C12H11KN2O5S2. The average Bonchev–Trinajstić information content (AvgIpc) is 2.91. The topological polar surface area (TPSA) is 107 Å². The summed E-state index contributed by atoms with van der Waals surface area (Å²) < 4.78 is 23.5. The van der Waals surface area contributed by atoms with Gasteiger partial charge in [-0.05, 0) is 19.9 Å². The molecule has 0 N–H and O–H groups in total. The van der Waals surface area contributed by atoms with Crippen molar-refractivity contribution in [2.24, 2.45) is 0 Å². The summed E-state index contributed by atoms with van der Waals surface area (Å²) >= 11 is 1.26. The van der Waals surface area contributed by atoms with E-state index in [1.54, 1.807) is 5.38 Å². The summed E-state index contributed by atoms with van der Waals surface area (Å²) in [6.45, 7) is 2.60. The molecule has 3 rings (SSSR count). The maximum absolute atomic E-state index is 12.5. The first-order valence-electron chi connectivity index (χ1n) is 6.07. The number of β-lactam (4-membered cyclic amide) rings is 1. The van der Waals surface area contributed by atoms with Crippen molar-refractivity contribution >= 4 is 39.1 Å². The zero-order valence-electron chi connectivity index (χ0n) is 12.1. The zero-order chi connectivity index (χ0) is 15.6. The van der Waals surface area contributed by atoms with Crippen LogP contribution >= 0.6 is 11.3 Å². The number of hydrogen-bond donors (Lipinski definition) is 0. The second-order valence-corrected chi connectivity index (χ2v) is 8.92. The van der Waals surface area contributed by atoms with Crippen LogP contribution in [-0.2, 0) is 19.4 Å². The molecule has 10 heteroatoms. The van der Waals surface area contributed by atoms with E-state index in [4.69, 9.17) is 0 Å². The first-order chi connectivity index (χ1) is 9.69. The van der Waals surface area contributed by atoms with Crippen LogP contribution in [0.15, 0.2) is 17.2 Å². The maximum Gasteiger partial charge on any atom is 1.00 e. The first-order valence-corrected chi connectivity index (χ1v) is 8.50. The molecular weight excluding hydrogens is 355 g/mol. The van der Waals surface area contributed by atoms with Gasteiger partial charge < -0.3 is 14.8 Å². The van der Waals surface area contributed by atoms with Gasteiger partial charge in [-0.25, -0.2) is 13.4 Å². The number of aliphatic carboxylic acids is 1. The molecule has 0 spiro atoms. The fourth-order valence-electron chi connectivity index (χ4n) is 2.76. The van der Waals surface area contributed by atoms with Crippen molar-refractivity contribution in [3.8, 4) is 0 Å². The van der Waals surface area contributed by atoms with E-state index in [0.29, 0.717) is 5.01 Å². The van der Waals surface area contributed by atoms with Crippen molar-refractivity contribution in [3.63, 3.8) is 0 Å². The quantitative estimate of drug-likeness (QED) is 0.300. The number of aromatic nitrogens is 1. The van der Waals surface area contributed by atoms with E-state index in [9.17, 15) is 23.1 Å². The summed E-state index contributed by atoms with van der Waals surface area (Å²) in [5.41, 5.74) is 0.0572. The molecule has 7 nitrogen and oxygen atoms in total. The molecule has 1 aromatic heterocycles. The van der Waals surface area contributed by atoms with Crippen LogP contribution in [0.3, 0.4) is 0 Å². The minimum Gasteiger partial charge on any atom is -0.548 e. The second kappa shape index (κ2) is 5.76. The first kappa shape index (κ1) is 18.2. The summed E-state index contributed by atoms with van der Waals surface area (Å²) in [4.78, 5) is 28.3. The summed E-state index contributed by atoms with van der Waals surface area (Å²) in [6.07, 6.45) is 2.94. The summed E-state index contributed by atoms with van der Waals surface area (Å²) in [5, 5.41) is 12.2. The third-order valence-electron chi connectivity index (χ3n) is 3.92. The van der Waals surface area contributed by atoms with Crippen LogP contribution in [0.5, 0.6) is 0 Å². The second-order valence-electron chi connectivity index (χ2n) is 5.40. The number of carbonyl (C=O) groups is 2. The van der Waals surface area contributed by atoms with E-state index in [0.717, 1.165) is 4.90 Å². The van der Waals surface area contributed by atoms with Gasteiger partial charge >= 0.3 is 51.4 Å². The number of thiazole rings is 1. The number of carboxylic acid groups (broad SMARTS) is 1. The van der Waals surface area contributed by atoms with Crippen molar-refractivity contribution in [2.75, 3.05) is 0 Å². The number of fused-ring (bicyclic) bond motifs is 1. The Morgan fingerprint density at radius 3 is 2.64 bits per heavy atom. The van der Waals surface area contributed by atoms with Crippen LogP contribution in [0, 0.1) is 0 Å². The molecule has 2 saturated heterocycles. The largest absolute Gasteiger partial charge is 1.00 e. The van der Waals surface area contributed by atoms with Gasteiger partial charge in [0.05, 0.1) is 22.3 Å². The van der Waals surface area contributed by atoms with Gasteiger partial charge in [0.15, 0.2) is 15.2 Å². The summed E-state index contributed by atoms with van der Waals surface area (Å²) in [5.74, 6) is -2.16. The van der Waals surface area contributed by atoms with Gasteiger partial charge in [0.25, 0.3) is 5.91 Å². The van der Waals surface area contributed by atoms with Crippen molar-refractivity contribution in [1.82, 2.24) is 9.88 Å². The zero-order valence-corrected chi connectivity index (χ0v) is 16.9. The Bertz CT molecular complexity index is 769. The number of hydrogen-bond acceptors (Lipinski definition) is 7. The Hall–Kier alpha value is -0.104. The molecule has 2 fully saturated rings. The van der Waals surface area contributed by atoms with Gasteiger partial charge in [0, 0.05) is 11.6 Å².